The lowest BCUT2D eigenvalue weighted by molar-refractivity contribution is -0.145. The number of hydrogen-bond acceptors (Lipinski definition) is 4. The zero-order chi connectivity index (χ0) is 16.6. The third-order valence-corrected chi connectivity index (χ3v) is 4.31. The molecule has 0 radical (unpaired) electrons. The zero-order valence-electron chi connectivity index (χ0n) is 13.1. The molecule has 3 rings (SSSR count). The Morgan fingerprint density at radius 3 is 2.61 bits per heavy atom. The molecule has 1 heterocycles. The van der Waals surface area contributed by atoms with E-state index in [1.165, 1.54) is 19.2 Å². The number of rotatable bonds is 3. The second-order valence-electron chi connectivity index (χ2n) is 5.53. The molecule has 5 heteroatoms. The molecular weight excluding hydrogens is 294 g/mol. The largest absolute Gasteiger partial charge is 0.508 e. The number of para-hydroxylation sites is 1. The number of hydrogen-bond donors (Lipinski definition) is 2. The van der Waals surface area contributed by atoms with E-state index in [0.29, 0.717) is 23.4 Å². The van der Waals surface area contributed by atoms with E-state index < -0.39 is 11.7 Å². The zero-order valence-corrected chi connectivity index (χ0v) is 13.1. The van der Waals surface area contributed by atoms with Crippen LogP contribution < -0.4 is 4.90 Å². The Morgan fingerprint density at radius 2 is 1.96 bits per heavy atom. The number of phenols is 1. The van der Waals surface area contributed by atoms with Crippen LogP contribution in [0.15, 0.2) is 48.5 Å². The van der Waals surface area contributed by atoms with Crippen LogP contribution in [-0.4, -0.2) is 35.9 Å². The maximum Gasteiger partial charge on any atom is 0.259 e. The third kappa shape index (κ3) is 2.20. The Kier molecular flexibility index (Phi) is 3.83. The first-order valence-corrected chi connectivity index (χ1v) is 7.49. The van der Waals surface area contributed by atoms with Gasteiger partial charge in [0.05, 0.1) is 5.69 Å². The topological polar surface area (TPSA) is 70.0 Å². The van der Waals surface area contributed by atoms with Gasteiger partial charge < -0.3 is 19.8 Å². The van der Waals surface area contributed by atoms with Gasteiger partial charge in [-0.3, -0.25) is 4.79 Å². The number of benzene rings is 2. The van der Waals surface area contributed by atoms with Gasteiger partial charge in [-0.05, 0) is 30.7 Å². The van der Waals surface area contributed by atoms with Gasteiger partial charge in [-0.2, -0.15) is 0 Å². The molecule has 0 spiro atoms. The van der Waals surface area contributed by atoms with E-state index in [1.807, 2.05) is 19.1 Å². The van der Waals surface area contributed by atoms with E-state index in [4.69, 9.17) is 4.74 Å². The van der Waals surface area contributed by atoms with Crippen molar-refractivity contribution in [2.24, 2.45) is 0 Å². The van der Waals surface area contributed by atoms with Gasteiger partial charge in [0.15, 0.2) is 11.7 Å². The second kappa shape index (κ2) is 5.68. The summed E-state index contributed by atoms with van der Waals surface area (Å²) in [5, 5.41) is 21.3. The molecule has 0 aromatic heterocycles. The van der Waals surface area contributed by atoms with Crippen LogP contribution in [0.2, 0.25) is 0 Å². The molecule has 0 fully saturated rings. The van der Waals surface area contributed by atoms with E-state index in [1.54, 1.807) is 29.2 Å². The molecule has 2 aromatic carbocycles. The summed E-state index contributed by atoms with van der Waals surface area (Å²) in [7, 11) is 1.40. The van der Waals surface area contributed by atoms with Crippen LogP contribution in [0.5, 0.6) is 5.75 Å². The number of aromatic hydroxyl groups is 1. The Labute approximate surface area is 134 Å². The lowest BCUT2D eigenvalue weighted by Crippen LogP contribution is -2.57. The van der Waals surface area contributed by atoms with Crippen molar-refractivity contribution in [2.75, 3.05) is 18.6 Å². The average Bonchev–Trinajstić information content (AvgIpc) is 2.56. The molecule has 0 bridgehead atoms. The van der Waals surface area contributed by atoms with Crippen molar-refractivity contribution < 1.29 is 19.7 Å². The van der Waals surface area contributed by atoms with E-state index in [0.717, 1.165) is 0 Å². The van der Waals surface area contributed by atoms with Crippen molar-refractivity contribution in [1.82, 2.24) is 0 Å². The summed E-state index contributed by atoms with van der Waals surface area (Å²) < 4.78 is 5.38. The van der Waals surface area contributed by atoms with Crippen molar-refractivity contribution in [3.63, 3.8) is 0 Å². The van der Waals surface area contributed by atoms with E-state index in [-0.39, 0.29) is 11.7 Å². The fourth-order valence-corrected chi connectivity index (χ4v) is 3.26. The minimum absolute atomic E-state index is 0.0219. The maximum atomic E-state index is 12.8. The minimum atomic E-state index is -1.66. The SMILES string of the molecule is CCN1C(=O)C(OC)C(O)(c2cccc(O)c2)c2ccccc21. The highest BCUT2D eigenvalue weighted by Crippen LogP contribution is 2.44. The Bertz CT molecular complexity index is 745. The number of amides is 1. The molecule has 120 valence electrons. The van der Waals surface area contributed by atoms with Crippen LogP contribution in [0.25, 0.3) is 0 Å². The fourth-order valence-electron chi connectivity index (χ4n) is 3.26. The predicted molar refractivity (Wildman–Crippen MR) is 86.4 cm³/mol. The van der Waals surface area contributed by atoms with E-state index in [9.17, 15) is 15.0 Å². The number of fused-ring (bicyclic) bond motifs is 1. The van der Waals surface area contributed by atoms with Crippen molar-refractivity contribution in [1.29, 1.82) is 0 Å². The Morgan fingerprint density at radius 1 is 1.22 bits per heavy atom. The standard InChI is InChI=1S/C18H19NO4/c1-3-19-15-10-5-4-9-14(15)18(22,16(23-2)17(19)21)12-7-6-8-13(20)11-12/h4-11,16,20,22H,3H2,1-2H3. The minimum Gasteiger partial charge on any atom is -0.508 e. The van der Waals surface area contributed by atoms with Gasteiger partial charge in [0, 0.05) is 19.2 Å². The monoisotopic (exact) mass is 313 g/mol. The van der Waals surface area contributed by atoms with Gasteiger partial charge in [-0.1, -0.05) is 30.3 Å². The van der Waals surface area contributed by atoms with Gasteiger partial charge in [-0.25, -0.2) is 0 Å². The Hall–Kier alpha value is -2.37. The van der Waals surface area contributed by atoms with E-state index in [2.05, 4.69) is 0 Å². The number of phenolic OH excluding ortho intramolecular Hbond substituents is 1. The fraction of sp³-hybridized carbons (Fsp3) is 0.278. The van der Waals surface area contributed by atoms with Gasteiger partial charge in [-0.15, -0.1) is 0 Å². The summed E-state index contributed by atoms with van der Waals surface area (Å²) in [6.45, 7) is 2.35. The smallest absolute Gasteiger partial charge is 0.259 e. The highest BCUT2D eigenvalue weighted by Gasteiger charge is 2.52. The van der Waals surface area contributed by atoms with Crippen LogP contribution >= 0.6 is 0 Å². The summed E-state index contributed by atoms with van der Waals surface area (Å²) >= 11 is 0. The van der Waals surface area contributed by atoms with Gasteiger partial charge in [0.2, 0.25) is 0 Å². The molecule has 23 heavy (non-hydrogen) atoms. The number of carbonyl (C=O) groups is 1. The van der Waals surface area contributed by atoms with Crippen LogP contribution in [0.3, 0.4) is 0 Å². The van der Waals surface area contributed by atoms with Crippen molar-refractivity contribution in [3.8, 4) is 5.75 Å². The lowest BCUT2D eigenvalue weighted by Gasteiger charge is -2.44. The van der Waals surface area contributed by atoms with Crippen LogP contribution in [0, 0.1) is 0 Å². The van der Waals surface area contributed by atoms with Crippen molar-refractivity contribution in [3.05, 3.63) is 59.7 Å². The molecular formula is C18H19NO4. The number of carbonyl (C=O) groups excluding carboxylic acids is 1. The summed E-state index contributed by atoms with van der Waals surface area (Å²) in [6, 6.07) is 13.5. The predicted octanol–water partition coefficient (Wildman–Crippen LogP) is 2.01. The maximum absolute atomic E-state index is 12.8. The second-order valence-corrected chi connectivity index (χ2v) is 5.53. The van der Waals surface area contributed by atoms with E-state index >= 15 is 0 Å². The number of methoxy groups -OCH3 is 1. The Balaban J connectivity index is 2.30. The molecule has 1 amide bonds. The van der Waals surface area contributed by atoms with Crippen LogP contribution in [0.1, 0.15) is 18.1 Å². The normalized spacial score (nSPS) is 23.7. The van der Waals surface area contributed by atoms with Gasteiger partial charge in [0.1, 0.15) is 5.75 Å². The number of aliphatic hydroxyl groups is 1. The first-order chi connectivity index (χ1) is 11.0. The number of nitrogens with zero attached hydrogens (tertiary/aromatic N) is 1. The molecule has 5 nitrogen and oxygen atoms in total. The average molecular weight is 313 g/mol. The molecule has 1 aliphatic rings. The van der Waals surface area contributed by atoms with Gasteiger partial charge >= 0.3 is 0 Å². The summed E-state index contributed by atoms with van der Waals surface area (Å²) in [4.78, 5) is 14.4. The summed E-state index contributed by atoms with van der Waals surface area (Å²) in [6.07, 6.45) is -1.08. The molecule has 2 aromatic rings. The lowest BCUT2D eigenvalue weighted by atomic mass is 9.77. The van der Waals surface area contributed by atoms with Crippen LogP contribution in [-0.2, 0) is 15.1 Å². The molecule has 2 atom stereocenters. The molecule has 0 aliphatic carbocycles. The van der Waals surface area contributed by atoms with Gasteiger partial charge in [0.25, 0.3) is 5.91 Å². The van der Waals surface area contributed by atoms with Crippen molar-refractivity contribution >= 4 is 11.6 Å². The van der Waals surface area contributed by atoms with Crippen LogP contribution in [0.4, 0.5) is 5.69 Å². The molecule has 2 N–H and O–H groups in total. The molecule has 0 saturated carbocycles. The summed E-state index contributed by atoms with van der Waals surface area (Å²) in [5.41, 5.74) is -0.00808. The first-order valence-electron chi connectivity index (χ1n) is 7.49. The molecule has 1 aliphatic heterocycles. The summed E-state index contributed by atoms with van der Waals surface area (Å²) in [5.74, 6) is -0.284. The highest BCUT2D eigenvalue weighted by atomic mass is 16.5. The number of ether oxygens (including phenoxy) is 1. The highest BCUT2D eigenvalue weighted by molar-refractivity contribution is 6.01. The molecule has 0 saturated heterocycles. The third-order valence-electron chi connectivity index (χ3n) is 4.31. The number of anilines is 1. The quantitative estimate of drug-likeness (QED) is 0.909. The number of likely N-dealkylation sites (N-methyl/N-ethyl adjacent to an activating group) is 1. The first kappa shape index (κ1) is 15.5. The molecule has 2 unspecified atom stereocenters. The van der Waals surface area contributed by atoms with Crippen molar-refractivity contribution in [2.45, 2.75) is 18.6 Å².